The van der Waals surface area contributed by atoms with Crippen molar-refractivity contribution in [2.24, 2.45) is 0 Å². The molecule has 128 valence electrons. The van der Waals surface area contributed by atoms with E-state index in [9.17, 15) is 9.90 Å². The molecule has 1 aromatic carbocycles. The van der Waals surface area contributed by atoms with Crippen LogP contribution in [0.25, 0.3) is 0 Å². The lowest BCUT2D eigenvalue weighted by Gasteiger charge is -2.28. The number of rotatable bonds is 6. The molecule has 7 heteroatoms. The van der Waals surface area contributed by atoms with Gasteiger partial charge in [0.15, 0.2) is 0 Å². The molecule has 2 amide bonds. The number of aliphatic hydroxyl groups is 1. The summed E-state index contributed by atoms with van der Waals surface area (Å²) in [6, 6.07) is 4.59. The summed E-state index contributed by atoms with van der Waals surface area (Å²) in [4.78, 5) is 14.2. The highest BCUT2D eigenvalue weighted by Crippen LogP contribution is 2.27. The van der Waals surface area contributed by atoms with Crippen LogP contribution in [0.3, 0.4) is 0 Å². The molecule has 23 heavy (non-hydrogen) atoms. The molecular weight excluding hydrogens is 318 g/mol. The number of methoxy groups -OCH3 is 1. The van der Waals surface area contributed by atoms with E-state index in [1.54, 1.807) is 18.2 Å². The first-order valence-electron chi connectivity index (χ1n) is 7.87. The number of piperidine rings is 1. The van der Waals surface area contributed by atoms with Gasteiger partial charge in [0, 0.05) is 18.1 Å². The number of carbonyl (C=O) groups excluding carboxylic acids is 1. The van der Waals surface area contributed by atoms with Crippen LogP contribution in [-0.4, -0.2) is 55.4 Å². The molecule has 0 radical (unpaired) electrons. The zero-order chi connectivity index (χ0) is 16.7. The van der Waals surface area contributed by atoms with E-state index in [2.05, 4.69) is 15.5 Å². The van der Waals surface area contributed by atoms with Crippen molar-refractivity contribution in [3.63, 3.8) is 0 Å². The first kappa shape index (κ1) is 17.8. The van der Waals surface area contributed by atoms with Crippen molar-refractivity contribution in [3.8, 4) is 5.75 Å². The Kier molecular flexibility index (Phi) is 6.95. The molecule has 1 aliphatic heterocycles. The average Bonchev–Trinajstić information content (AvgIpc) is 2.54. The quantitative estimate of drug-likeness (QED) is 0.742. The molecule has 1 aromatic rings. The number of aliphatic hydroxyl groups excluding tert-OH is 1. The fourth-order valence-corrected chi connectivity index (χ4v) is 2.83. The van der Waals surface area contributed by atoms with Crippen LogP contribution in [0.2, 0.25) is 5.02 Å². The Morgan fingerprint density at radius 2 is 2.13 bits per heavy atom. The minimum Gasteiger partial charge on any atom is -0.495 e. The van der Waals surface area contributed by atoms with Crippen LogP contribution in [-0.2, 0) is 0 Å². The van der Waals surface area contributed by atoms with Crippen LogP contribution in [0.5, 0.6) is 5.75 Å². The number of benzene rings is 1. The van der Waals surface area contributed by atoms with Gasteiger partial charge in [0.25, 0.3) is 0 Å². The van der Waals surface area contributed by atoms with Gasteiger partial charge in [-0.25, -0.2) is 4.79 Å². The van der Waals surface area contributed by atoms with Gasteiger partial charge in [0.2, 0.25) is 0 Å². The number of carbonyl (C=O) groups is 1. The summed E-state index contributed by atoms with van der Waals surface area (Å²) in [6.07, 6.45) is 3.03. The Labute approximate surface area is 141 Å². The minimum absolute atomic E-state index is 0.200. The minimum atomic E-state index is -0.583. The number of anilines is 1. The van der Waals surface area contributed by atoms with Crippen LogP contribution in [0.1, 0.15) is 19.3 Å². The zero-order valence-electron chi connectivity index (χ0n) is 13.3. The highest BCUT2D eigenvalue weighted by atomic mass is 35.5. The van der Waals surface area contributed by atoms with E-state index in [0.717, 1.165) is 13.1 Å². The normalized spacial score (nSPS) is 16.7. The van der Waals surface area contributed by atoms with Gasteiger partial charge in [-0.1, -0.05) is 18.0 Å². The van der Waals surface area contributed by atoms with Gasteiger partial charge >= 0.3 is 6.03 Å². The second-order valence-corrected chi connectivity index (χ2v) is 6.13. The Morgan fingerprint density at radius 3 is 2.83 bits per heavy atom. The van der Waals surface area contributed by atoms with Crippen molar-refractivity contribution in [1.29, 1.82) is 0 Å². The van der Waals surface area contributed by atoms with Gasteiger partial charge in [0.1, 0.15) is 5.75 Å². The number of hydrogen-bond acceptors (Lipinski definition) is 4. The van der Waals surface area contributed by atoms with Gasteiger partial charge < -0.3 is 25.4 Å². The number of hydrogen-bond donors (Lipinski definition) is 3. The second kappa shape index (κ2) is 8.96. The third-order valence-electron chi connectivity index (χ3n) is 3.83. The largest absolute Gasteiger partial charge is 0.495 e. The molecule has 0 unspecified atom stereocenters. The third kappa shape index (κ3) is 5.89. The summed E-state index contributed by atoms with van der Waals surface area (Å²) in [5.74, 6) is 0.526. The highest BCUT2D eigenvalue weighted by molar-refractivity contribution is 6.31. The molecule has 1 atom stereocenters. The molecule has 6 nitrogen and oxygen atoms in total. The predicted octanol–water partition coefficient (Wildman–Crippen LogP) is 2.32. The molecule has 2 rings (SSSR count). The first-order valence-corrected chi connectivity index (χ1v) is 8.25. The van der Waals surface area contributed by atoms with Crippen LogP contribution in [0.15, 0.2) is 18.2 Å². The van der Waals surface area contributed by atoms with E-state index >= 15 is 0 Å². The Morgan fingerprint density at radius 1 is 1.39 bits per heavy atom. The van der Waals surface area contributed by atoms with Crippen molar-refractivity contribution in [1.82, 2.24) is 10.2 Å². The summed E-state index contributed by atoms with van der Waals surface area (Å²) in [6.45, 7) is 2.82. The summed E-state index contributed by atoms with van der Waals surface area (Å²) in [5, 5.41) is 15.9. The lowest BCUT2D eigenvalue weighted by molar-refractivity contribution is 0.102. The maximum atomic E-state index is 11.9. The molecule has 3 N–H and O–H groups in total. The Balaban J connectivity index is 1.77. The topological polar surface area (TPSA) is 73.8 Å². The van der Waals surface area contributed by atoms with E-state index < -0.39 is 12.1 Å². The summed E-state index contributed by atoms with van der Waals surface area (Å²) in [7, 11) is 1.52. The van der Waals surface area contributed by atoms with Gasteiger partial charge in [0.05, 0.1) is 18.9 Å². The molecule has 0 spiro atoms. The summed E-state index contributed by atoms with van der Waals surface area (Å²) >= 11 is 5.92. The van der Waals surface area contributed by atoms with Gasteiger partial charge in [-0.2, -0.15) is 0 Å². The van der Waals surface area contributed by atoms with Gasteiger partial charge in [-0.3, -0.25) is 0 Å². The number of halogens is 1. The average molecular weight is 342 g/mol. The predicted molar refractivity (Wildman–Crippen MR) is 91.3 cm³/mol. The first-order chi connectivity index (χ1) is 11.1. The van der Waals surface area contributed by atoms with E-state index in [1.807, 2.05) is 0 Å². The van der Waals surface area contributed by atoms with Gasteiger partial charge in [-0.05, 0) is 44.1 Å². The molecule has 0 aliphatic carbocycles. The van der Waals surface area contributed by atoms with Crippen LogP contribution < -0.4 is 15.4 Å². The highest BCUT2D eigenvalue weighted by Gasteiger charge is 2.15. The van der Waals surface area contributed by atoms with E-state index in [0.29, 0.717) is 23.0 Å². The standard InChI is InChI=1S/C16H24ClN3O3/c1-23-15-6-5-12(17)9-14(15)19-16(22)18-10-13(21)11-20-7-3-2-4-8-20/h5-6,9,13,21H,2-4,7-8,10-11H2,1H3,(H2,18,19,22)/t13-/m0/s1. The van der Waals surface area contributed by atoms with Crippen molar-refractivity contribution in [3.05, 3.63) is 23.2 Å². The molecule has 1 aliphatic rings. The van der Waals surface area contributed by atoms with Crippen molar-refractivity contribution >= 4 is 23.3 Å². The molecule has 0 saturated carbocycles. The molecule has 0 bridgehead atoms. The number of β-amino-alcohol motifs (C(OH)–C–C–N with tert-alkyl or cyclic N) is 1. The summed E-state index contributed by atoms with van der Waals surface area (Å²) in [5.41, 5.74) is 0.489. The monoisotopic (exact) mass is 341 g/mol. The van der Waals surface area contributed by atoms with Crippen molar-refractivity contribution in [2.75, 3.05) is 38.6 Å². The Bertz CT molecular complexity index is 521. The number of amides is 2. The van der Waals surface area contributed by atoms with Crippen LogP contribution in [0, 0.1) is 0 Å². The molecule has 1 heterocycles. The third-order valence-corrected chi connectivity index (χ3v) is 4.06. The molecule has 1 saturated heterocycles. The summed E-state index contributed by atoms with van der Waals surface area (Å²) < 4.78 is 5.17. The number of urea groups is 1. The SMILES string of the molecule is COc1ccc(Cl)cc1NC(=O)NC[C@H](O)CN1CCCCC1. The maximum Gasteiger partial charge on any atom is 0.319 e. The van der Waals surface area contributed by atoms with E-state index in [-0.39, 0.29) is 6.54 Å². The lowest BCUT2D eigenvalue weighted by Crippen LogP contribution is -2.43. The number of nitrogens with one attached hydrogen (secondary N) is 2. The molecular formula is C16H24ClN3O3. The second-order valence-electron chi connectivity index (χ2n) is 5.69. The zero-order valence-corrected chi connectivity index (χ0v) is 14.1. The van der Waals surface area contributed by atoms with Crippen LogP contribution >= 0.6 is 11.6 Å². The lowest BCUT2D eigenvalue weighted by atomic mass is 10.1. The number of nitrogens with zero attached hydrogens (tertiary/aromatic N) is 1. The van der Waals surface area contributed by atoms with E-state index in [4.69, 9.17) is 16.3 Å². The fraction of sp³-hybridized carbons (Fsp3) is 0.562. The fourth-order valence-electron chi connectivity index (χ4n) is 2.66. The smallest absolute Gasteiger partial charge is 0.319 e. The van der Waals surface area contributed by atoms with Gasteiger partial charge in [-0.15, -0.1) is 0 Å². The van der Waals surface area contributed by atoms with E-state index in [1.165, 1.54) is 26.4 Å². The van der Waals surface area contributed by atoms with Crippen molar-refractivity contribution < 1.29 is 14.6 Å². The molecule has 0 aromatic heterocycles. The Hall–Kier alpha value is -1.50. The number of likely N-dealkylation sites (tertiary alicyclic amines) is 1. The maximum absolute atomic E-state index is 11.9. The van der Waals surface area contributed by atoms with Crippen LogP contribution in [0.4, 0.5) is 10.5 Å². The van der Waals surface area contributed by atoms with Crippen molar-refractivity contribution in [2.45, 2.75) is 25.4 Å². The number of ether oxygens (including phenoxy) is 1. The molecule has 1 fully saturated rings.